The third kappa shape index (κ3) is 5.59. The Kier molecular flexibility index (Phi) is 7.49. The first-order chi connectivity index (χ1) is 12.5. The number of nitrogens with one attached hydrogen (secondary N) is 3. The minimum atomic E-state index is -3.78. The Morgan fingerprint density at radius 2 is 1.81 bits per heavy atom. The van der Waals surface area contributed by atoms with Crippen LogP contribution in [0.1, 0.15) is 23.2 Å². The van der Waals surface area contributed by atoms with Crippen LogP contribution in [0.4, 0.5) is 5.69 Å². The third-order valence-electron chi connectivity index (χ3n) is 4.18. The van der Waals surface area contributed by atoms with Crippen LogP contribution in [0.5, 0.6) is 0 Å². The highest BCUT2D eigenvalue weighted by atomic mass is 35.5. The molecule has 0 aromatic heterocycles. The van der Waals surface area contributed by atoms with E-state index in [-0.39, 0.29) is 29.3 Å². The van der Waals surface area contributed by atoms with Crippen molar-refractivity contribution in [1.29, 1.82) is 0 Å². The third-order valence-corrected chi connectivity index (χ3v) is 5.89. The van der Waals surface area contributed by atoms with Gasteiger partial charge in [-0.15, -0.1) is 12.4 Å². The second-order valence-corrected chi connectivity index (χ2v) is 8.22. The number of para-hydroxylation sites is 1. The minimum absolute atomic E-state index is 0. The molecule has 1 amide bonds. The van der Waals surface area contributed by atoms with Gasteiger partial charge in [0, 0.05) is 18.2 Å². The summed E-state index contributed by atoms with van der Waals surface area (Å²) >= 11 is 5.99. The van der Waals surface area contributed by atoms with Gasteiger partial charge in [-0.1, -0.05) is 23.7 Å². The first kappa shape index (κ1) is 21.5. The van der Waals surface area contributed by atoms with E-state index in [1.165, 1.54) is 24.3 Å². The Hall–Kier alpha value is -1.80. The first-order valence-electron chi connectivity index (χ1n) is 8.35. The Morgan fingerprint density at radius 3 is 2.44 bits per heavy atom. The van der Waals surface area contributed by atoms with Gasteiger partial charge in [-0.25, -0.2) is 8.42 Å². The molecule has 1 aliphatic heterocycles. The van der Waals surface area contributed by atoms with Gasteiger partial charge >= 0.3 is 0 Å². The molecule has 1 heterocycles. The largest absolute Gasteiger partial charge is 0.348 e. The van der Waals surface area contributed by atoms with Gasteiger partial charge in [0.05, 0.1) is 15.6 Å². The first-order valence-corrected chi connectivity index (χ1v) is 10.2. The summed E-state index contributed by atoms with van der Waals surface area (Å²) in [5.74, 6) is -0.207. The quantitative estimate of drug-likeness (QED) is 0.681. The van der Waals surface area contributed by atoms with Crippen LogP contribution in [-0.2, 0) is 10.0 Å². The molecule has 3 rings (SSSR count). The van der Waals surface area contributed by atoms with Crippen molar-refractivity contribution in [2.24, 2.45) is 0 Å². The Labute approximate surface area is 170 Å². The van der Waals surface area contributed by atoms with Crippen molar-refractivity contribution in [1.82, 2.24) is 10.6 Å². The molecule has 1 saturated heterocycles. The molecule has 0 bridgehead atoms. The number of amides is 1. The van der Waals surface area contributed by atoms with Crippen LogP contribution >= 0.6 is 24.0 Å². The number of hydrogen-bond donors (Lipinski definition) is 3. The number of anilines is 1. The topological polar surface area (TPSA) is 87.3 Å². The Balaban J connectivity index is 0.00000261. The van der Waals surface area contributed by atoms with Crippen molar-refractivity contribution in [3.05, 3.63) is 59.1 Å². The second-order valence-electron chi connectivity index (χ2n) is 6.13. The number of benzene rings is 2. The highest BCUT2D eigenvalue weighted by Crippen LogP contribution is 2.24. The van der Waals surface area contributed by atoms with Crippen LogP contribution in [0, 0.1) is 0 Å². The van der Waals surface area contributed by atoms with Crippen LogP contribution in [0.25, 0.3) is 0 Å². The van der Waals surface area contributed by atoms with Gasteiger partial charge in [-0.05, 0) is 55.8 Å². The predicted molar refractivity (Wildman–Crippen MR) is 109 cm³/mol. The lowest BCUT2D eigenvalue weighted by atomic mass is 10.1. The van der Waals surface area contributed by atoms with Gasteiger partial charge in [-0.2, -0.15) is 0 Å². The van der Waals surface area contributed by atoms with Crippen LogP contribution < -0.4 is 15.4 Å². The Bertz CT molecular complexity index is 883. The van der Waals surface area contributed by atoms with Crippen LogP contribution in [-0.4, -0.2) is 33.5 Å². The summed E-state index contributed by atoms with van der Waals surface area (Å²) in [7, 11) is -3.78. The number of sulfonamides is 1. The molecular formula is C18H21Cl2N3O3S. The molecule has 1 fully saturated rings. The lowest BCUT2D eigenvalue weighted by molar-refractivity contribution is 0.0930. The van der Waals surface area contributed by atoms with Gasteiger partial charge in [0.1, 0.15) is 0 Å². The molecule has 0 aliphatic carbocycles. The zero-order chi connectivity index (χ0) is 18.6. The Morgan fingerprint density at radius 1 is 1.11 bits per heavy atom. The van der Waals surface area contributed by atoms with Gasteiger partial charge in [0.2, 0.25) is 0 Å². The summed E-state index contributed by atoms with van der Waals surface area (Å²) in [5.41, 5.74) is 0.730. The van der Waals surface area contributed by atoms with Gasteiger partial charge in [0.25, 0.3) is 15.9 Å². The summed E-state index contributed by atoms with van der Waals surface area (Å²) in [6.07, 6.45) is 1.96. The molecule has 0 radical (unpaired) electrons. The van der Waals surface area contributed by atoms with Crippen LogP contribution in [0.3, 0.4) is 0 Å². The summed E-state index contributed by atoms with van der Waals surface area (Å²) in [4.78, 5) is 12.4. The SMILES string of the molecule is Cl.O=C(NC1CCCNC1)c1ccc(S(=O)(=O)Nc2ccccc2Cl)cc1. The fraction of sp³-hybridized carbons (Fsp3) is 0.278. The van der Waals surface area contributed by atoms with Crippen molar-refractivity contribution >= 4 is 45.6 Å². The maximum absolute atomic E-state index is 12.5. The molecule has 0 saturated carbocycles. The minimum Gasteiger partial charge on any atom is -0.348 e. The monoisotopic (exact) mass is 429 g/mol. The summed E-state index contributed by atoms with van der Waals surface area (Å²) < 4.78 is 27.4. The van der Waals surface area contributed by atoms with E-state index in [2.05, 4.69) is 15.4 Å². The van der Waals surface area contributed by atoms with Gasteiger partial charge in [0.15, 0.2) is 0 Å². The average Bonchev–Trinajstić information content (AvgIpc) is 2.64. The van der Waals surface area contributed by atoms with Crippen molar-refractivity contribution in [2.75, 3.05) is 17.8 Å². The zero-order valence-electron chi connectivity index (χ0n) is 14.4. The molecule has 9 heteroatoms. The average molecular weight is 430 g/mol. The second kappa shape index (κ2) is 9.41. The van der Waals surface area contributed by atoms with Crippen molar-refractivity contribution in [2.45, 2.75) is 23.8 Å². The van der Waals surface area contributed by atoms with E-state index in [0.29, 0.717) is 16.3 Å². The predicted octanol–water partition coefficient (Wildman–Crippen LogP) is 3.04. The normalized spacial score (nSPS) is 16.9. The number of rotatable bonds is 5. The summed E-state index contributed by atoms with van der Waals surface area (Å²) in [5, 5.41) is 6.51. The van der Waals surface area contributed by atoms with Gasteiger partial charge in [-0.3, -0.25) is 9.52 Å². The molecule has 146 valence electrons. The van der Waals surface area contributed by atoms with E-state index in [9.17, 15) is 13.2 Å². The molecule has 1 atom stereocenters. The van der Waals surface area contributed by atoms with Crippen molar-refractivity contribution < 1.29 is 13.2 Å². The lowest BCUT2D eigenvalue weighted by Crippen LogP contribution is -2.45. The van der Waals surface area contributed by atoms with E-state index >= 15 is 0 Å². The van der Waals surface area contributed by atoms with Crippen molar-refractivity contribution in [3.63, 3.8) is 0 Å². The van der Waals surface area contributed by atoms with Crippen molar-refractivity contribution in [3.8, 4) is 0 Å². The lowest BCUT2D eigenvalue weighted by Gasteiger charge is -2.23. The number of piperidine rings is 1. The molecule has 6 nitrogen and oxygen atoms in total. The highest BCUT2D eigenvalue weighted by Gasteiger charge is 2.19. The number of carbonyl (C=O) groups is 1. The number of halogens is 2. The number of hydrogen-bond acceptors (Lipinski definition) is 4. The molecule has 1 unspecified atom stereocenters. The molecule has 2 aromatic rings. The fourth-order valence-electron chi connectivity index (χ4n) is 2.78. The zero-order valence-corrected chi connectivity index (χ0v) is 16.8. The highest BCUT2D eigenvalue weighted by molar-refractivity contribution is 7.92. The van der Waals surface area contributed by atoms with Gasteiger partial charge < -0.3 is 10.6 Å². The molecular weight excluding hydrogens is 409 g/mol. The number of carbonyl (C=O) groups excluding carboxylic acids is 1. The van der Waals surface area contributed by atoms with Crippen LogP contribution in [0.15, 0.2) is 53.4 Å². The fourth-order valence-corrected chi connectivity index (χ4v) is 4.10. The van der Waals surface area contributed by atoms with E-state index in [4.69, 9.17) is 11.6 Å². The smallest absolute Gasteiger partial charge is 0.261 e. The van der Waals surface area contributed by atoms with E-state index < -0.39 is 10.0 Å². The van der Waals surface area contributed by atoms with E-state index in [1.54, 1.807) is 24.3 Å². The molecule has 1 aliphatic rings. The summed E-state index contributed by atoms with van der Waals surface area (Å²) in [6, 6.07) is 12.5. The molecule has 3 N–H and O–H groups in total. The standard InChI is InChI=1S/C18H20ClN3O3S.ClH/c19-16-5-1-2-6-17(16)22-26(24,25)15-9-7-13(8-10-15)18(23)21-14-4-3-11-20-12-14;/h1-2,5-10,14,20,22H,3-4,11-12H2,(H,21,23);1H. The summed E-state index contributed by atoms with van der Waals surface area (Å²) in [6.45, 7) is 1.72. The van der Waals surface area contributed by atoms with Crippen LogP contribution in [0.2, 0.25) is 5.02 Å². The van der Waals surface area contributed by atoms with E-state index in [0.717, 1.165) is 25.9 Å². The molecule has 27 heavy (non-hydrogen) atoms. The molecule has 0 spiro atoms. The van der Waals surface area contributed by atoms with E-state index in [1.807, 2.05) is 0 Å². The molecule has 2 aromatic carbocycles. The maximum Gasteiger partial charge on any atom is 0.261 e. The maximum atomic E-state index is 12.5.